The summed E-state index contributed by atoms with van der Waals surface area (Å²) < 4.78 is 0. The number of hydrogen-bond acceptors (Lipinski definition) is 3. The molecular formula is C12H22N2O3. The van der Waals surface area contributed by atoms with Crippen LogP contribution in [0, 0.1) is 0 Å². The van der Waals surface area contributed by atoms with Crippen LogP contribution in [0.2, 0.25) is 0 Å². The molecule has 0 aromatic carbocycles. The first-order chi connectivity index (χ1) is 7.96. The highest BCUT2D eigenvalue weighted by Crippen LogP contribution is 2.23. The van der Waals surface area contributed by atoms with Crippen LogP contribution < -0.4 is 5.73 Å². The van der Waals surface area contributed by atoms with Gasteiger partial charge in [-0.05, 0) is 32.1 Å². The number of carbonyl (C=O) groups excluding carboxylic acids is 1. The van der Waals surface area contributed by atoms with Crippen LogP contribution in [0.15, 0.2) is 0 Å². The number of nitrogens with zero attached hydrogens (tertiary/aromatic N) is 1. The second-order valence-electron chi connectivity index (χ2n) is 4.71. The fourth-order valence-corrected chi connectivity index (χ4v) is 2.27. The average Bonchev–Trinajstić information content (AvgIpc) is 2.36. The van der Waals surface area contributed by atoms with Gasteiger partial charge in [-0.1, -0.05) is 13.8 Å². The molecule has 17 heavy (non-hydrogen) atoms. The van der Waals surface area contributed by atoms with E-state index in [9.17, 15) is 9.59 Å². The molecule has 5 heteroatoms. The lowest BCUT2D eigenvalue weighted by Crippen LogP contribution is -2.59. The molecule has 1 heterocycles. The molecule has 1 fully saturated rings. The fraction of sp³-hybridized carbons (Fsp3) is 0.833. The van der Waals surface area contributed by atoms with E-state index in [-0.39, 0.29) is 5.91 Å². The van der Waals surface area contributed by atoms with Crippen LogP contribution in [-0.2, 0) is 9.59 Å². The van der Waals surface area contributed by atoms with E-state index in [1.54, 1.807) is 0 Å². The van der Waals surface area contributed by atoms with Crippen molar-refractivity contribution in [3.8, 4) is 0 Å². The van der Waals surface area contributed by atoms with Gasteiger partial charge < -0.3 is 15.7 Å². The molecule has 0 saturated carbocycles. The SMILES string of the molecule is CCC(N)(CC)C(=O)N1CCCC[C@@H]1C(=O)O. The summed E-state index contributed by atoms with van der Waals surface area (Å²) in [5.41, 5.74) is 5.14. The van der Waals surface area contributed by atoms with Gasteiger partial charge in [0.2, 0.25) is 5.91 Å². The summed E-state index contributed by atoms with van der Waals surface area (Å²) >= 11 is 0. The van der Waals surface area contributed by atoms with E-state index in [2.05, 4.69) is 0 Å². The van der Waals surface area contributed by atoms with Gasteiger partial charge in [-0.3, -0.25) is 4.79 Å². The van der Waals surface area contributed by atoms with E-state index in [1.807, 2.05) is 13.8 Å². The number of hydrogen-bond donors (Lipinski definition) is 2. The number of piperidine rings is 1. The van der Waals surface area contributed by atoms with Crippen molar-refractivity contribution >= 4 is 11.9 Å². The highest BCUT2D eigenvalue weighted by molar-refractivity contribution is 5.90. The molecule has 3 N–H and O–H groups in total. The minimum absolute atomic E-state index is 0.213. The number of aliphatic carboxylic acids is 1. The summed E-state index contributed by atoms with van der Waals surface area (Å²) in [6.45, 7) is 4.23. The zero-order valence-corrected chi connectivity index (χ0v) is 10.6. The van der Waals surface area contributed by atoms with Gasteiger partial charge in [0.1, 0.15) is 6.04 Å². The van der Waals surface area contributed by atoms with Gasteiger partial charge in [-0.2, -0.15) is 0 Å². The number of rotatable bonds is 4. The molecule has 5 nitrogen and oxygen atoms in total. The van der Waals surface area contributed by atoms with Crippen molar-refractivity contribution in [3.05, 3.63) is 0 Å². The van der Waals surface area contributed by atoms with Gasteiger partial charge >= 0.3 is 5.97 Å². The standard InChI is InChI=1S/C12H22N2O3/c1-3-12(13,4-2)11(17)14-8-6-5-7-9(14)10(15)16/h9H,3-8,13H2,1-2H3,(H,15,16)/t9-/m1/s1. The van der Waals surface area contributed by atoms with Crippen LogP contribution in [0.1, 0.15) is 46.0 Å². The third-order valence-electron chi connectivity index (χ3n) is 3.74. The predicted molar refractivity (Wildman–Crippen MR) is 64.5 cm³/mol. The van der Waals surface area contributed by atoms with Crippen molar-refractivity contribution < 1.29 is 14.7 Å². The van der Waals surface area contributed by atoms with E-state index >= 15 is 0 Å². The Kier molecular flexibility index (Phi) is 4.51. The molecule has 1 amide bonds. The monoisotopic (exact) mass is 242 g/mol. The average molecular weight is 242 g/mol. The van der Waals surface area contributed by atoms with E-state index in [1.165, 1.54) is 4.90 Å². The van der Waals surface area contributed by atoms with E-state index in [4.69, 9.17) is 10.8 Å². The molecule has 0 aromatic rings. The highest BCUT2D eigenvalue weighted by atomic mass is 16.4. The largest absolute Gasteiger partial charge is 0.480 e. The lowest BCUT2D eigenvalue weighted by molar-refractivity contribution is -0.154. The fourth-order valence-electron chi connectivity index (χ4n) is 2.27. The Balaban J connectivity index is 2.88. The quantitative estimate of drug-likeness (QED) is 0.769. The second kappa shape index (κ2) is 5.49. The summed E-state index contributed by atoms with van der Waals surface area (Å²) in [4.78, 5) is 24.9. The second-order valence-corrected chi connectivity index (χ2v) is 4.71. The van der Waals surface area contributed by atoms with Crippen molar-refractivity contribution in [1.82, 2.24) is 4.90 Å². The maximum Gasteiger partial charge on any atom is 0.326 e. The van der Waals surface area contributed by atoms with Gasteiger partial charge in [0.05, 0.1) is 5.54 Å². The number of carbonyl (C=O) groups is 2. The molecule has 98 valence electrons. The smallest absolute Gasteiger partial charge is 0.326 e. The summed E-state index contributed by atoms with van der Waals surface area (Å²) in [6, 6.07) is -0.697. The number of carboxylic acid groups (broad SMARTS) is 1. The number of carboxylic acids is 1. The van der Waals surface area contributed by atoms with E-state index in [0.29, 0.717) is 25.8 Å². The molecule has 0 aromatic heterocycles. The van der Waals surface area contributed by atoms with Crippen LogP contribution in [0.4, 0.5) is 0 Å². The Morgan fingerprint density at radius 2 is 1.94 bits per heavy atom. The molecule has 1 atom stereocenters. The lowest BCUT2D eigenvalue weighted by Gasteiger charge is -2.38. The Labute approximate surface area is 102 Å². The minimum atomic E-state index is -0.924. The molecule has 0 unspecified atom stereocenters. The van der Waals surface area contributed by atoms with Crippen LogP contribution in [0.5, 0.6) is 0 Å². The van der Waals surface area contributed by atoms with Crippen LogP contribution in [-0.4, -0.2) is 40.0 Å². The third kappa shape index (κ3) is 2.77. The van der Waals surface area contributed by atoms with Crippen molar-refractivity contribution in [1.29, 1.82) is 0 Å². The van der Waals surface area contributed by atoms with Crippen molar-refractivity contribution in [2.75, 3.05) is 6.54 Å². The van der Waals surface area contributed by atoms with Gasteiger partial charge in [0.25, 0.3) is 0 Å². The van der Waals surface area contributed by atoms with E-state index in [0.717, 1.165) is 12.8 Å². The maximum atomic E-state index is 12.3. The zero-order chi connectivity index (χ0) is 13.1. The van der Waals surface area contributed by atoms with E-state index < -0.39 is 17.6 Å². The molecule has 1 rings (SSSR count). The minimum Gasteiger partial charge on any atom is -0.480 e. The van der Waals surface area contributed by atoms with Gasteiger partial charge in [0, 0.05) is 6.54 Å². The van der Waals surface area contributed by atoms with Crippen LogP contribution in [0.3, 0.4) is 0 Å². The topological polar surface area (TPSA) is 83.6 Å². The molecule has 1 saturated heterocycles. The first-order valence-corrected chi connectivity index (χ1v) is 6.29. The number of amides is 1. The predicted octanol–water partition coefficient (Wildman–Crippen LogP) is 0.970. The third-order valence-corrected chi connectivity index (χ3v) is 3.74. The molecule has 0 bridgehead atoms. The van der Waals surface area contributed by atoms with Gasteiger partial charge in [-0.15, -0.1) is 0 Å². The molecule has 0 radical (unpaired) electrons. The first-order valence-electron chi connectivity index (χ1n) is 6.29. The van der Waals surface area contributed by atoms with Crippen molar-refractivity contribution in [2.24, 2.45) is 5.73 Å². The van der Waals surface area contributed by atoms with Crippen molar-refractivity contribution in [3.63, 3.8) is 0 Å². The normalized spacial score (nSPS) is 21.4. The summed E-state index contributed by atoms with van der Waals surface area (Å²) in [5, 5.41) is 9.13. The molecule has 0 spiro atoms. The highest BCUT2D eigenvalue weighted by Gasteiger charge is 2.40. The van der Waals surface area contributed by atoms with Crippen LogP contribution in [0.25, 0.3) is 0 Å². The zero-order valence-electron chi connectivity index (χ0n) is 10.6. The Bertz CT molecular complexity index is 300. The Morgan fingerprint density at radius 3 is 2.41 bits per heavy atom. The number of nitrogens with two attached hydrogens (primary N) is 1. The molecule has 0 aliphatic carbocycles. The summed E-state index contributed by atoms with van der Waals surface area (Å²) in [6.07, 6.45) is 3.32. The maximum absolute atomic E-state index is 12.3. The molecule has 1 aliphatic rings. The first kappa shape index (κ1) is 14.0. The summed E-state index contributed by atoms with van der Waals surface area (Å²) in [5.74, 6) is -1.14. The van der Waals surface area contributed by atoms with Crippen LogP contribution >= 0.6 is 0 Å². The van der Waals surface area contributed by atoms with Crippen molar-refractivity contribution in [2.45, 2.75) is 57.5 Å². The molecule has 1 aliphatic heterocycles. The van der Waals surface area contributed by atoms with Gasteiger partial charge in [-0.25, -0.2) is 4.79 Å². The Hall–Kier alpha value is -1.10. The molecular weight excluding hydrogens is 220 g/mol. The summed E-state index contributed by atoms with van der Waals surface area (Å²) in [7, 11) is 0. The number of likely N-dealkylation sites (tertiary alicyclic amines) is 1. The Morgan fingerprint density at radius 1 is 1.35 bits per heavy atom. The lowest BCUT2D eigenvalue weighted by atomic mass is 9.90. The van der Waals surface area contributed by atoms with Gasteiger partial charge in [0.15, 0.2) is 0 Å².